The number of pyridine rings is 1. The van der Waals surface area contributed by atoms with Crippen LogP contribution in [0.25, 0.3) is 0 Å². The molecule has 0 bridgehead atoms. The molecule has 3 atom stereocenters. The largest absolute Gasteiger partial charge is 0.379 e. The average Bonchev–Trinajstić information content (AvgIpc) is 3.07. The van der Waals surface area contributed by atoms with Crippen LogP contribution < -0.4 is 10.2 Å². The summed E-state index contributed by atoms with van der Waals surface area (Å²) in [6, 6.07) is 2.33. The zero-order chi connectivity index (χ0) is 25.4. The molecule has 0 radical (unpaired) electrons. The molecule has 0 saturated carbocycles. The quantitative estimate of drug-likeness (QED) is 0.542. The average molecular weight is 567 g/mol. The van der Waals surface area contributed by atoms with Crippen molar-refractivity contribution in [2.24, 2.45) is 0 Å². The number of hydrogen-bond acceptors (Lipinski definition) is 6. The van der Waals surface area contributed by atoms with Gasteiger partial charge in [-0.05, 0) is 19.9 Å². The summed E-state index contributed by atoms with van der Waals surface area (Å²) in [4.78, 5) is 24.5. The molecule has 37 heavy (non-hydrogen) atoms. The van der Waals surface area contributed by atoms with Crippen LogP contribution in [0.4, 0.5) is 14.5 Å². The molecule has 0 aliphatic carbocycles. The lowest BCUT2D eigenvalue weighted by Crippen LogP contribution is -2.62. The molecule has 2 saturated heterocycles. The smallest absolute Gasteiger partial charge is 0.274 e. The van der Waals surface area contributed by atoms with Crippen molar-refractivity contribution < 1.29 is 18.3 Å². The Hall–Kier alpha value is -1.10. The Bertz CT molecular complexity index is 923. The summed E-state index contributed by atoms with van der Waals surface area (Å²) < 4.78 is 35.0. The summed E-state index contributed by atoms with van der Waals surface area (Å²) >= 11 is 0. The Morgan fingerprint density at radius 2 is 2.00 bits per heavy atom. The van der Waals surface area contributed by atoms with Gasteiger partial charge in [0, 0.05) is 74.4 Å². The Kier molecular flexibility index (Phi) is 11.1. The maximum Gasteiger partial charge on any atom is 0.274 e. The first kappa shape index (κ1) is 32.1. The third kappa shape index (κ3) is 7.11. The maximum atomic E-state index is 14.7. The number of anilines is 1. The second-order valence-corrected chi connectivity index (χ2v) is 11.2. The fourth-order valence-electron chi connectivity index (χ4n) is 5.58. The van der Waals surface area contributed by atoms with Crippen molar-refractivity contribution >= 4 is 36.4 Å². The first-order valence-corrected chi connectivity index (χ1v) is 13.0. The molecule has 1 aromatic rings. The second-order valence-electron chi connectivity index (χ2n) is 11.2. The van der Waals surface area contributed by atoms with Crippen molar-refractivity contribution in [1.82, 2.24) is 20.1 Å². The molecular weight excluding hydrogens is 523 g/mol. The van der Waals surface area contributed by atoms with E-state index in [1.165, 1.54) is 12.3 Å². The number of alkyl halides is 2. The van der Waals surface area contributed by atoms with E-state index in [1.807, 2.05) is 13.8 Å². The molecule has 3 aliphatic rings. The first-order chi connectivity index (χ1) is 16.5. The summed E-state index contributed by atoms with van der Waals surface area (Å²) in [7, 11) is 0. The summed E-state index contributed by atoms with van der Waals surface area (Å²) in [5, 5.41) is 3.56. The molecule has 7 nitrogen and oxygen atoms in total. The van der Waals surface area contributed by atoms with Crippen LogP contribution in [-0.2, 0) is 20.9 Å². The van der Waals surface area contributed by atoms with Crippen LogP contribution in [-0.4, -0.2) is 91.3 Å². The van der Waals surface area contributed by atoms with Gasteiger partial charge in [-0.1, -0.05) is 27.2 Å². The van der Waals surface area contributed by atoms with E-state index in [0.29, 0.717) is 30.4 Å². The van der Waals surface area contributed by atoms with Gasteiger partial charge in [-0.15, -0.1) is 24.8 Å². The van der Waals surface area contributed by atoms with Gasteiger partial charge in [-0.25, -0.2) is 8.78 Å². The highest BCUT2D eigenvalue weighted by Crippen LogP contribution is 2.42. The molecule has 0 aromatic carbocycles. The molecule has 2 fully saturated rings. The Balaban J connectivity index is 0.00000241. The molecule has 1 unspecified atom stereocenters. The number of aromatic nitrogens is 1. The molecular formula is C26H43Cl2F2N5O2. The SMILES string of the molecule is CCCC(F)(F)c1cnc2c(c1)N(C(=O)CN1C[C@@H](C)NC[C@@H]1CN1CCOCC1C)CC2(C)C.Cl.Cl. The van der Waals surface area contributed by atoms with Crippen LogP contribution >= 0.6 is 24.8 Å². The Morgan fingerprint density at radius 3 is 2.68 bits per heavy atom. The second kappa shape index (κ2) is 12.8. The number of hydrogen-bond donors (Lipinski definition) is 1. The topological polar surface area (TPSA) is 60.9 Å². The van der Waals surface area contributed by atoms with Crippen molar-refractivity contribution in [3.8, 4) is 0 Å². The van der Waals surface area contributed by atoms with Crippen LogP contribution in [0.2, 0.25) is 0 Å². The van der Waals surface area contributed by atoms with Crippen LogP contribution in [0.5, 0.6) is 0 Å². The molecule has 4 rings (SSSR count). The number of amides is 1. The standard InChI is InChI=1S/C26H41F2N5O2.2ClH/c1-6-7-26(27,28)20-10-22-24(30-11-20)25(4,5)17-33(22)23(34)15-32-13-18(2)29-12-21(32)14-31-8-9-35-16-19(31)3;;/h10-11,18-19,21,29H,6-9,12-17H2,1-5H3;2*1H/t18-,19?,21-;;/m1../s1. The van der Waals surface area contributed by atoms with Gasteiger partial charge in [0.15, 0.2) is 0 Å². The zero-order valence-electron chi connectivity index (χ0n) is 22.6. The number of fused-ring (bicyclic) bond motifs is 1. The number of ether oxygens (including phenoxy) is 1. The maximum absolute atomic E-state index is 14.7. The molecule has 4 heterocycles. The number of morpholine rings is 1. The van der Waals surface area contributed by atoms with Gasteiger partial charge in [0.25, 0.3) is 5.92 Å². The molecule has 1 aromatic heterocycles. The number of carbonyl (C=O) groups excluding carboxylic acids is 1. The van der Waals surface area contributed by atoms with Crippen LogP contribution in [0.1, 0.15) is 58.7 Å². The minimum atomic E-state index is -2.95. The molecule has 3 aliphatic heterocycles. The molecule has 11 heteroatoms. The minimum absolute atomic E-state index is 0. The highest BCUT2D eigenvalue weighted by molar-refractivity contribution is 5.97. The van der Waals surface area contributed by atoms with Gasteiger partial charge in [0.05, 0.1) is 31.1 Å². The van der Waals surface area contributed by atoms with Crippen LogP contribution in [0, 0.1) is 0 Å². The van der Waals surface area contributed by atoms with E-state index < -0.39 is 5.92 Å². The highest BCUT2D eigenvalue weighted by Gasteiger charge is 2.42. The lowest BCUT2D eigenvalue weighted by molar-refractivity contribution is -0.121. The van der Waals surface area contributed by atoms with Gasteiger partial charge in [0.1, 0.15) is 0 Å². The number of nitrogens with one attached hydrogen (secondary N) is 1. The van der Waals surface area contributed by atoms with Gasteiger partial charge in [-0.2, -0.15) is 0 Å². The van der Waals surface area contributed by atoms with Gasteiger partial charge < -0.3 is 15.0 Å². The summed E-state index contributed by atoms with van der Waals surface area (Å²) in [6.07, 6.45) is 1.44. The van der Waals surface area contributed by atoms with Crippen LogP contribution in [0.3, 0.4) is 0 Å². The fraction of sp³-hybridized carbons (Fsp3) is 0.769. The number of rotatable bonds is 7. The Labute approximate surface area is 232 Å². The van der Waals surface area contributed by atoms with E-state index in [2.05, 4.69) is 33.9 Å². The van der Waals surface area contributed by atoms with Crippen molar-refractivity contribution in [1.29, 1.82) is 0 Å². The normalized spacial score (nSPS) is 26.2. The number of halogens is 4. The van der Waals surface area contributed by atoms with E-state index in [-0.39, 0.29) is 66.7 Å². The predicted octanol–water partition coefficient (Wildman–Crippen LogP) is 3.82. The molecule has 0 spiro atoms. The third-order valence-corrected chi connectivity index (χ3v) is 7.66. The van der Waals surface area contributed by atoms with Crippen molar-refractivity contribution in [3.63, 3.8) is 0 Å². The molecule has 1 amide bonds. The number of carbonyl (C=O) groups is 1. The van der Waals surface area contributed by atoms with Gasteiger partial charge in [0.2, 0.25) is 5.91 Å². The van der Waals surface area contributed by atoms with E-state index in [0.717, 1.165) is 39.4 Å². The van der Waals surface area contributed by atoms with Crippen molar-refractivity contribution in [2.45, 2.75) is 76.9 Å². The van der Waals surface area contributed by atoms with Crippen molar-refractivity contribution in [2.75, 3.05) is 57.4 Å². The fourth-order valence-corrected chi connectivity index (χ4v) is 5.58. The summed E-state index contributed by atoms with van der Waals surface area (Å²) in [5.41, 5.74) is 0.760. The lowest BCUT2D eigenvalue weighted by atomic mass is 9.91. The number of piperazine rings is 1. The van der Waals surface area contributed by atoms with Gasteiger partial charge >= 0.3 is 0 Å². The third-order valence-electron chi connectivity index (χ3n) is 7.66. The van der Waals surface area contributed by atoms with Crippen molar-refractivity contribution in [3.05, 3.63) is 23.5 Å². The lowest BCUT2D eigenvalue weighted by Gasteiger charge is -2.43. The molecule has 1 N–H and O–H groups in total. The summed E-state index contributed by atoms with van der Waals surface area (Å²) in [5.74, 6) is -3.00. The summed E-state index contributed by atoms with van der Waals surface area (Å²) in [6.45, 7) is 15.6. The monoisotopic (exact) mass is 565 g/mol. The first-order valence-electron chi connectivity index (χ1n) is 13.0. The Morgan fingerprint density at radius 1 is 1.27 bits per heavy atom. The zero-order valence-corrected chi connectivity index (χ0v) is 24.3. The predicted molar refractivity (Wildman–Crippen MR) is 148 cm³/mol. The molecule has 212 valence electrons. The van der Waals surface area contributed by atoms with E-state index in [4.69, 9.17) is 4.74 Å². The van der Waals surface area contributed by atoms with Crippen LogP contribution in [0.15, 0.2) is 12.3 Å². The highest BCUT2D eigenvalue weighted by atomic mass is 35.5. The van der Waals surface area contributed by atoms with E-state index >= 15 is 0 Å². The number of nitrogens with zero attached hydrogens (tertiary/aromatic N) is 4. The van der Waals surface area contributed by atoms with Gasteiger partial charge in [-0.3, -0.25) is 19.6 Å². The minimum Gasteiger partial charge on any atom is -0.379 e. The van der Waals surface area contributed by atoms with E-state index in [9.17, 15) is 13.6 Å². The van der Waals surface area contributed by atoms with E-state index in [1.54, 1.807) is 11.8 Å².